The van der Waals surface area contributed by atoms with Gasteiger partial charge in [0.2, 0.25) is 0 Å². The number of benzene rings is 10. The zero-order valence-corrected chi connectivity index (χ0v) is 34.6. The standard InChI is InChI=1S/C59H42N2O/c1-59(2)54-36-46(60(44-21-12-20-43(34-44)39-14-4-3-5-15-39)48-30-33-53-52-23-10-11-25-57(52)62-58(53)38-48)28-31-50(54)51-32-29-47(37-55(51)59)61(45-27-26-40-16-6-7-18-42(40)35-45)56-24-13-19-41-17-8-9-22-49(41)56/h3-38H,1-2H3. The second kappa shape index (κ2) is 14.1. The van der Waals surface area contributed by atoms with Gasteiger partial charge in [-0.15, -0.1) is 0 Å². The number of rotatable bonds is 7. The van der Waals surface area contributed by atoms with Gasteiger partial charge >= 0.3 is 0 Å². The number of hydrogen-bond donors (Lipinski definition) is 0. The Bertz CT molecular complexity index is 3520. The minimum atomic E-state index is -0.287. The largest absolute Gasteiger partial charge is 0.456 e. The molecule has 0 unspecified atom stereocenters. The quantitative estimate of drug-likeness (QED) is 0.160. The van der Waals surface area contributed by atoms with E-state index in [0.29, 0.717) is 0 Å². The molecule has 0 radical (unpaired) electrons. The SMILES string of the molecule is CC1(C)c2cc(N(c3cccc(-c4ccccc4)c3)c3ccc4c(c3)oc3ccccc34)ccc2-c2ccc(N(c3ccc4ccccc4c3)c3cccc4ccccc34)cc21. The summed E-state index contributed by atoms with van der Waals surface area (Å²) in [6.45, 7) is 4.76. The molecule has 0 saturated carbocycles. The van der Waals surface area contributed by atoms with E-state index in [1.165, 1.54) is 54.9 Å². The summed E-state index contributed by atoms with van der Waals surface area (Å²) in [5, 5.41) is 7.13. The van der Waals surface area contributed by atoms with Gasteiger partial charge in [0.15, 0.2) is 0 Å². The fourth-order valence-corrected chi connectivity index (χ4v) is 9.89. The molecule has 0 aliphatic heterocycles. The third-order valence-electron chi connectivity index (χ3n) is 13.0. The second-order valence-electron chi connectivity index (χ2n) is 17.0. The molecule has 0 amide bonds. The molecule has 1 aliphatic rings. The first-order chi connectivity index (χ1) is 30.5. The van der Waals surface area contributed by atoms with Crippen LogP contribution in [-0.4, -0.2) is 0 Å². The molecule has 0 saturated heterocycles. The highest BCUT2D eigenvalue weighted by Gasteiger charge is 2.37. The molecule has 1 aliphatic carbocycles. The lowest BCUT2D eigenvalue weighted by molar-refractivity contribution is 0.660. The Morgan fingerprint density at radius 3 is 1.69 bits per heavy atom. The van der Waals surface area contributed by atoms with E-state index in [1.54, 1.807) is 0 Å². The number of furan rings is 1. The Morgan fingerprint density at radius 1 is 0.339 bits per heavy atom. The van der Waals surface area contributed by atoms with Crippen molar-refractivity contribution in [3.63, 3.8) is 0 Å². The van der Waals surface area contributed by atoms with Crippen molar-refractivity contribution in [2.24, 2.45) is 0 Å². The molecule has 3 heteroatoms. The van der Waals surface area contributed by atoms with E-state index >= 15 is 0 Å². The van der Waals surface area contributed by atoms with Crippen molar-refractivity contribution < 1.29 is 4.42 Å². The highest BCUT2D eigenvalue weighted by molar-refractivity contribution is 6.06. The van der Waals surface area contributed by atoms with Crippen molar-refractivity contribution in [1.29, 1.82) is 0 Å². The number of para-hydroxylation sites is 1. The average molecular weight is 795 g/mol. The van der Waals surface area contributed by atoms with Crippen LogP contribution < -0.4 is 9.80 Å². The molecule has 0 spiro atoms. The molecule has 3 nitrogen and oxygen atoms in total. The maximum Gasteiger partial charge on any atom is 0.137 e. The second-order valence-corrected chi connectivity index (χ2v) is 17.0. The molecule has 1 heterocycles. The highest BCUT2D eigenvalue weighted by atomic mass is 16.3. The summed E-state index contributed by atoms with van der Waals surface area (Å²) >= 11 is 0. The maximum atomic E-state index is 6.47. The van der Waals surface area contributed by atoms with Crippen molar-refractivity contribution in [3.8, 4) is 22.3 Å². The van der Waals surface area contributed by atoms with Gasteiger partial charge in [-0.3, -0.25) is 0 Å². The molecular weight excluding hydrogens is 753 g/mol. The van der Waals surface area contributed by atoms with E-state index in [1.807, 2.05) is 12.1 Å². The number of anilines is 6. The van der Waals surface area contributed by atoms with E-state index in [4.69, 9.17) is 4.42 Å². The smallest absolute Gasteiger partial charge is 0.137 e. The molecule has 0 fully saturated rings. The predicted octanol–water partition coefficient (Wildman–Crippen LogP) is 16.8. The highest BCUT2D eigenvalue weighted by Crippen LogP contribution is 2.53. The first-order valence-electron chi connectivity index (χ1n) is 21.4. The van der Waals surface area contributed by atoms with Crippen LogP contribution in [0.25, 0.3) is 65.7 Å². The predicted molar refractivity (Wildman–Crippen MR) is 261 cm³/mol. The van der Waals surface area contributed by atoms with Crippen molar-refractivity contribution in [2.45, 2.75) is 19.3 Å². The fraction of sp³-hybridized carbons (Fsp3) is 0.0508. The van der Waals surface area contributed by atoms with Gasteiger partial charge in [0.1, 0.15) is 11.2 Å². The summed E-state index contributed by atoms with van der Waals surface area (Å²) in [5.41, 5.74) is 15.6. The molecule has 0 N–H and O–H groups in total. The number of fused-ring (bicyclic) bond motifs is 8. The average Bonchev–Trinajstić information content (AvgIpc) is 3.80. The zero-order valence-electron chi connectivity index (χ0n) is 34.6. The summed E-state index contributed by atoms with van der Waals surface area (Å²) < 4.78 is 6.47. The van der Waals surface area contributed by atoms with Gasteiger partial charge in [-0.25, -0.2) is 0 Å². The Morgan fingerprint density at radius 2 is 0.887 bits per heavy atom. The molecule has 12 rings (SSSR count). The monoisotopic (exact) mass is 794 g/mol. The van der Waals surface area contributed by atoms with Crippen LogP contribution >= 0.6 is 0 Å². The van der Waals surface area contributed by atoms with Crippen molar-refractivity contribution in [1.82, 2.24) is 0 Å². The normalized spacial score (nSPS) is 12.8. The lowest BCUT2D eigenvalue weighted by Gasteiger charge is -2.30. The summed E-state index contributed by atoms with van der Waals surface area (Å²) in [7, 11) is 0. The van der Waals surface area contributed by atoms with Crippen molar-refractivity contribution in [2.75, 3.05) is 9.80 Å². The van der Waals surface area contributed by atoms with E-state index in [9.17, 15) is 0 Å². The van der Waals surface area contributed by atoms with E-state index in [-0.39, 0.29) is 5.41 Å². The Labute approximate surface area is 361 Å². The summed E-state index contributed by atoms with van der Waals surface area (Å²) in [5.74, 6) is 0. The van der Waals surface area contributed by atoms with Gasteiger partial charge in [-0.2, -0.15) is 0 Å². The molecule has 10 aromatic carbocycles. The van der Waals surface area contributed by atoms with Gasteiger partial charge < -0.3 is 14.2 Å². The third kappa shape index (κ3) is 5.81. The lowest BCUT2D eigenvalue weighted by atomic mass is 9.82. The topological polar surface area (TPSA) is 19.6 Å². The van der Waals surface area contributed by atoms with Gasteiger partial charge in [0.25, 0.3) is 0 Å². The van der Waals surface area contributed by atoms with Crippen LogP contribution in [0.15, 0.2) is 223 Å². The van der Waals surface area contributed by atoms with Crippen LogP contribution in [0.2, 0.25) is 0 Å². The molecule has 11 aromatic rings. The van der Waals surface area contributed by atoms with Crippen LogP contribution in [0.5, 0.6) is 0 Å². The van der Waals surface area contributed by atoms with Crippen LogP contribution in [0, 0.1) is 0 Å². The Hall–Kier alpha value is -7.88. The molecule has 62 heavy (non-hydrogen) atoms. The first-order valence-corrected chi connectivity index (χ1v) is 21.4. The minimum absolute atomic E-state index is 0.287. The van der Waals surface area contributed by atoms with E-state index in [2.05, 4.69) is 230 Å². The van der Waals surface area contributed by atoms with E-state index in [0.717, 1.165) is 56.1 Å². The number of nitrogens with zero attached hydrogens (tertiary/aromatic N) is 2. The van der Waals surface area contributed by atoms with E-state index < -0.39 is 0 Å². The lowest BCUT2D eigenvalue weighted by Crippen LogP contribution is -2.17. The van der Waals surface area contributed by atoms with Crippen molar-refractivity contribution in [3.05, 3.63) is 230 Å². The van der Waals surface area contributed by atoms with Crippen LogP contribution in [0.4, 0.5) is 34.1 Å². The van der Waals surface area contributed by atoms with Gasteiger partial charge in [-0.1, -0.05) is 153 Å². The molecule has 0 atom stereocenters. The molecule has 1 aromatic heterocycles. The Kier molecular flexibility index (Phi) is 8.20. The van der Waals surface area contributed by atoms with Crippen LogP contribution in [0.1, 0.15) is 25.0 Å². The van der Waals surface area contributed by atoms with Crippen molar-refractivity contribution >= 4 is 77.6 Å². The molecule has 294 valence electrons. The zero-order chi connectivity index (χ0) is 41.4. The van der Waals surface area contributed by atoms with Crippen LogP contribution in [-0.2, 0) is 5.41 Å². The van der Waals surface area contributed by atoms with Crippen LogP contribution in [0.3, 0.4) is 0 Å². The maximum absolute atomic E-state index is 6.47. The number of hydrogen-bond acceptors (Lipinski definition) is 3. The fourth-order valence-electron chi connectivity index (χ4n) is 9.89. The summed E-state index contributed by atoms with van der Waals surface area (Å²) in [4.78, 5) is 4.82. The van der Waals surface area contributed by atoms with Gasteiger partial charge in [0.05, 0.1) is 5.69 Å². The minimum Gasteiger partial charge on any atom is -0.456 e. The molecular formula is C59H42N2O. The summed E-state index contributed by atoms with van der Waals surface area (Å²) in [6.07, 6.45) is 0. The summed E-state index contributed by atoms with van der Waals surface area (Å²) in [6, 6.07) is 79.3. The third-order valence-corrected chi connectivity index (χ3v) is 13.0. The first kappa shape index (κ1) is 36.0. The van der Waals surface area contributed by atoms with Gasteiger partial charge in [0, 0.05) is 56.1 Å². The molecule has 0 bridgehead atoms. The van der Waals surface area contributed by atoms with Gasteiger partial charge in [-0.05, 0) is 122 Å². The Balaban J connectivity index is 1.00.